The van der Waals surface area contributed by atoms with Gasteiger partial charge in [-0.3, -0.25) is 4.79 Å². The highest BCUT2D eigenvalue weighted by atomic mass is 32.1. The Morgan fingerprint density at radius 2 is 1.74 bits per heavy atom. The molecule has 4 heterocycles. The van der Waals surface area contributed by atoms with E-state index in [4.69, 9.17) is 0 Å². The lowest BCUT2D eigenvalue weighted by Crippen LogP contribution is -2.18. The first-order valence-electron chi connectivity index (χ1n) is 10.8. The third-order valence-corrected chi connectivity index (χ3v) is 6.54. The van der Waals surface area contributed by atoms with Crippen LogP contribution in [-0.2, 0) is 25.5 Å². The molecule has 0 atom stereocenters. The van der Waals surface area contributed by atoms with E-state index in [0.717, 1.165) is 29.5 Å². The molecule has 7 nitrogen and oxygen atoms in total. The lowest BCUT2D eigenvalue weighted by Gasteiger charge is -2.13. The SMILES string of the molecule is O=C(Nc1cnc2sc(CO)nc2c1)c1cc2cc(C(F)(F)F)cnc2n1Cc1cccc(C(F)(F)F)c1. The maximum atomic E-state index is 13.3. The minimum absolute atomic E-state index is 0.0128. The zero-order chi connectivity index (χ0) is 27.2. The molecular formula is C24H15F6N5O2S. The monoisotopic (exact) mass is 551 g/mol. The first kappa shape index (κ1) is 25.6. The number of fused-ring (bicyclic) bond motifs is 2. The maximum Gasteiger partial charge on any atom is 0.417 e. The highest BCUT2D eigenvalue weighted by Crippen LogP contribution is 2.33. The number of rotatable bonds is 5. The van der Waals surface area contributed by atoms with Crippen LogP contribution < -0.4 is 5.32 Å². The van der Waals surface area contributed by atoms with Crippen LogP contribution in [0.5, 0.6) is 0 Å². The maximum absolute atomic E-state index is 13.3. The molecule has 0 saturated heterocycles. The van der Waals surface area contributed by atoms with E-state index in [-0.39, 0.29) is 41.1 Å². The Balaban J connectivity index is 1.56. The highest BCUT2D eigenvalue weighted by Gasteiger charge is 2.32. The van der Waals surface area contributed by atoms with Crippen molar-refractivity contribution in [3.8, 4) is 0 Å². The summed E-state index contributed by atoms with van der Waals surface area (Å²) >= 11 is 1.16. The van der Waals surface area contributed by atoms with E-state index in [2.05, 4.69) is 20.3 Å². The fraction of sp³-hybridized carbons (Fsp3) is 0.167. The number of alkyl halides is 6. The van der Waals surface area contributed by atoms with Crippen molar-refractivity contribution in [3.05, 3.63) is 82.3 Å². The normalized spacial score (nSPS) is 12.4. The average Bonchev–Trinajstić information content (AvgIpc) is 3.44. The van der Waals surface area contributed by atoms with Gasteiger partial charge in [0.25, 0.3) is 5.91 Å². The third-order valence-electron chi connectivity index (χ3n) is 5.57. The van der Waals surface area contributed by atoms with Crippen LogP contribution in [0.1, 0.15) is 32.2 Å². The van der Waals surface area contributed by atoms with Gasteiger partial charge in [0.15, 0.2) is 0 Å². The van der Waals surface area contributed by atoms with Crippen LogP contribution >= 0.6 is 11.3 Å². The Kier molecular flexibility index (Phi) is 6.31. The van der Waals surface area contributed by atoms with Gasteiger partial charge < -0.3 is 15.0 Å². The number of anilines is 1. The summed E-state index contributed by atoms with van der Waals surface area (Å²) in [6.45, 7) is -0.553. The van der Waals surface area contributed by atoms with Crippen LogP contribution in [0.4, 0.5) is 32.0 Å². The van der Waals surface area contributed by atoms with E-state index < -0.39 is 29.4 Å². The minimum atomic E-state index is -4.69. The summed E-state index contributed by atoms with van der Waals surface area (Å²) in [6.07, 6.45) is -7.34. The molecule has 4 aromatic heterocycles. The molecule has 38 heavy (non-hydrogen) atoms. The summed E-state index contributed by atoms with van der Waals surface area (Å²) in [5.74, 6) is -0.748. The first-order valence-corrected chi connectivity index (χ1v) is 11.6. The number of hydrogen-bond donors (Lipinski definition) is 2. The number of aliphatic hydroxyl groups excluding tert-OH is 1. The summed E-state index contributed by atoms with van der Waals surface area (Å²) in [5.41, 5.74) is -1.29. The van der Waals surface area contributed by atoms with Crippen molar-refractivity contribution in [2.45, 2.75) is 25.5 Å². The van der Waals surface area contributed by atoms with Crippen LogP contribution in [0.25, 0.3) is 21.4 Å². The number of nitrogens with one attached hydrogen (secondary N) is 1. The second-order valence-corrected chi connectivity index (χ2v) is 9.28. The molecule has 0 aliphatic rings. The van der Waals surface area contributed by atoms with Gasteiger partial charge in [-0.05, 0) is 35.9 Å². The fourth-order valence-electron chi connectivity index (χ4n) is 3.88. The molecule has 14 heteroatoms. The van der Waals surface area contributed by atoms with E-state index in [9.17, 15) is 36.2 Å². The van der Waals surface area contributed by atoms with E-state index in [1.807, 2.05) is 0 Å². The van der Waals surface area contributed by atoms with Gasteiger partial charge >= 0.3 is 12.4 Å². The molecule has 0 bridgehead atoms. The van der Waals surface area contributed by atoms with Gasteiger partial charge in [0.1, 0.15) is 26.7 Å². The molecule has 0 fully saturated rings. The Bertz CT molecular complexity index is 1670. The highest BCUT2D eigenvalue weighted by molar-refractivity contribution is 7.18. The summed E-state index contributed by atoms with van der Waals surface area (Å²) in [6, 6.07) is 7.93. The van der Waals surface area contributed by atoms with Crippen molar-refractivity contribution in [1.29, 1.82) is 0 Å². The number of pyridine rings is 2. The van der Waals surface area contributed by atoms with Gasteiger partial charge in [0.2, 0.25) is 0 Å². The summed E-state index contributed by atoms with van der Waals surface area (Å²) in [5, 5.41) is 12.3. The van der Waals surface area contributed by atoms with Crippen LogP contribution in [0.2, 0.25) is 0 Å². The van der Waals surface area contributed by atoms with E-state index in [1.54, 1.807) is 0 Å². The second kappa shape index (κ2) is 9.36. The van der Waals surface area contributed by atoms with Gasteiger partial charge in [-0.25, -0.2) is 15.0 Å². The third kappa shape index (κ3) is 5.04. The molecule has 0 unspecified atom stereocenters. The molecule has 0 aliphatic carbocycles. The second-order valence-electron chi connectivity index (χ2n) is 8.22. The molecule has 1 aromatic carbocycles. The standard InChI is InChI=1S/C24H15F6N5O2S/c25-23(26,27)14-3-1-2-12(4-14)10-35-18(6-13-5-15(24(28,29)30)8-31-20(13)35)21(37)33-16-7-17-22(32-9-16)38-19(11-36)34-17/h1-9,36H,10-11H2,(H,33,37). The zero-order valence-corrected chi connectivity index (χ0v) is 19.7. The van der Waals surface area contributed by atoms with Gasteiger partial charge in [-0.1, -0.05) is 23.5 Å². The number of hydrogen-bond acceptors (Lipinski definition) is 6. The molecule has 1 amide bonds. The fourth-order valence-corrected chi connectivity index (χ4v) is 4.62. The van der Waals surface area contributed by atoms with E-state index in [1.165, 1.54) is 35.0 Å². The molecule has 5 aromatic rings. The van der Waals surface area contributed by atoms with Gasteiger partial charge in [-0.2, -0.15) is 26.3 Å². The Morgan fingerprint density at radius 1 is 0.974 bits per heavy atom. The first-order chi connectivity index (χ1) is 17.9. The molecule has 0 aliphatic heterocycles. The van der Waals surface area contributed by atoms with Crippen LogP contribution in [0.3, 0.4) is 0 Å². The van der Waals surface area contributed by atoms with Crippen molar-refractivity contribution in [1.82, 2.24) is 19.5 Å². The molecule has 0 saturated carbocycles. The average molecular weight is 551 g/mol. The summed E-state index contributed by atoms with van der Waals surface area (Å²) < 4.78 is 80.7. The predicted octanol–water partition coefficient (Wildman–Crippen LogP) is 5.87. The van der Waals surface area contributed by atoms with E-state index in [0.29, 0.717) is 21.6 Å². The largest absolute Gasteiger partial charge is 0.417 e. The molecule has 0 radical (unpaired) electrons. The van der Waals surface area contributed by atoms with Gasteiger partial charge in [0.05, 0.1) is 29.6 Å². The predicted molar refractivity (Wildman–Crippen MR) is 127 cm³/mol. The topological polar surface area (TPSA) is 92.9 Å². The van der Waals surface area contributed by atoms with Crippen molar-refractivity contribution in [3.63, 3.8) is 0 Å². The Hall–Kier alpha value is -4.04. The van der Waals surface area contributed by atoms with Crippen LogP contribution in [-0.4, -0.2) is 30.5 Å². The van der Waals surface area contributed by atoms with Gasteiger partial charge in [0, 0.05) is 18.1 Å². The lowest BCUT2D eigenvalue weighted by atomic mass is 10.1. The number of carbonyl (C=O) groups excluding carboxylic acids is 1. The number of halogens is 6. The quantitative estimate of drug-likeness (QED) is 0.267. The Morgan fingerprint density at radius 3 is 2.45 bits per heavy atom. The number of aliphatic hydroxyl groups is 1. The summed E-state index contributed by atoms with van der Waals surface area (Å²) in [4.78, 5) is 26.0. The van der Waals surface area contributed by atoms with Gasteiger partial charge in [-0.15, -0.1) is 0 Å². The molecule has 2 N–H and O–H groups in total. The Labute approximate surface area is 213 Å². The van der Waals surface area contributed by atoms with Crippen LogP contribution in [0.15, 0.2) is 54.9 Å². The molecule has 5 rings (SSSR count). The van der Waals surface area contributed by atoms with Crippen molar-refractivity contribution < 1.29 is 36.2 Å². The number of thiazole rings is 1. The van der Waals surface area contributed by atoms with Crippen LogP contribution in [0, 0.1) is 0 Å². The minimum Gasteiger partial charge on any atom is -0.389 e. The lowest BCUT2D eigenvalue weighted by molar-refractivity contribution is -0.138. The number of aromatic nitrogens is 4. The zero-order valence-electron chi connectivity index (χ0n) is 18.9. The smallest absolute Gasteiger partial charge is 0.389 e. The molecular weight excluding hydrogens is 536 g/mol. The number of benzene rings is 1. The molecule has 0 spiro atoms. The summed E-state index contributed by atoms with van der Waals surface area (Å²) in [7, 11) is 0. The van der Waals surface area contributed by atoms with Crippen molar-refractivity contribution in [2.24, 2.45) is 0 Å². The number of amides is 1. The number of carbonyl (C=O) groups is 1. The van der Waals surface area contributed by atoms with Crippen molar-refractivity contribution >= 4 is 44.3 Å². The van der Waals surface area contributed by atoms with Crippen molar-refractivity contribution in [2.75, 3.05) is 5.32 Å². The van der Waals surface area contributed by atoms with E-state index >= 15 is 0 Å². The number of nitrogens with zero attached hydrogens (tertiary/aromatic N) is 4. The molecule has 196 valence electrons.